The maximum Gasteiger partial charge on any atom is 0.146 e. The van der Waals surface area contributed by atoms with Crippen LogP contribution in [-0.2, 0) is 4.79 Å². The van der Waals surface area contributed by atoms with E-state index < -0.39 is 0 Å². The van der Waals surface area contributed by atoms with E-state index in [-0.39, 0.29) is 11.8 Å². The zero-order valence-corrected chi connectivity index (χ0v) is 6.85. The second-order valence-electron chi connectivity index (χ2n) is 3.33. The normalized spacial score (nSPS) is 40.1. The molecular weight excluding hydrogens is 126 g/mol. The number of carbonyl (C=O) groups excluding carboxylic acids is 1. The zero-order chi connectivity index (χ0) is 7.72. The van der Waals surface area contributed by atoms with Crippen LogP contribution in [0.1, 0.15) is 20.8 Å². The van der Waals surface area contributed by atoms with E-state index in [1.54, 1.807) is 6.92 Å². The van der Waals surface area contributed by atoms with Crippen LogP contribution < -0.4 is 5.32 Å². The Kier molecular flexibility index (Phi) is 2.09. The first kappa shape index (κ1) is 7.73. The third kappa shape index (κ3) is 1.21. The molecule has 0 aliphatic carbocycles. The van der Waals surface area contributed by atoms with Crippen molar-refractivity contribution in [1.82, 2.24) is 5.32 Å². The Hall–Kier alpha value is -0.370. The molecule has 0 aromatic heterocycles. The van der Waals surface area contributed by atoms with Gasteiger partial charge in [-0.2, -0.15) is 0 Å². The Labute approximate surface area is 62.0 Å². The summed E-state index contributed by atoms with van der Waals surface area (Å²) in [6.45, 7) is 6.97. The summed E-state index contributed by atoms with van der Waals surface area (Å²) in [5, 5.41) is 3.21. The fourth-order valence-corrected chi connectivity index (χ4v) is 1.53. The fourth-order valence-electron chi connectivity index (χ4n) is 1.53. The van der Waals surface area contributed by atoms with Crippen molar-refractivity contribution < 1.29 is 4.79 Å². The predicted molar refractivity (Wildman–Crippen MR) is 40.8 cm³/mol. The molecule has 10 heavy (non-hydrogen) atoms. The molecule has 0 amide bonds. The monoisotopic (exact) mass is 141 g/mol. The molecule has 0 aromatic carbocycles. The van der Waals surface area contributed by atoms with Gasteiger partial charge >= 0.3 is 0 Å². The Morgan fingerprint density at radius 1 is 1.50 bits per heavy atom. The standard InChI is InChI=1S/C8H15NO/c1-5-4-9-8(6(5)2)7(3)10/h5-6,8-9H,4H2,1-3H3. The van der Waals surface area contributed by atoms with Gasteiger partial charge in [-0.3, -0.25) is 4.79 Å². The molecule has 58 valence electrons. The molecule has 1 saturated heterocycles. The van der Waals surface area contributed by atoms with Gasteiger partial charge in [-0.25, -0.2) is 0 Å². The molecular formula is C8H15NO. The van der Waals surface area contributed by atoms with Crippen molar-refractivity contribution in [3.63, 3.8) is 0 Å². The first-order valence-electron chi connectivity index (χ1n) is 3.86. The molecule has 2 nitrogen and oxygen atoms in total. The molecule has 3 atom stereocenters. The maximum absolute atomic E-state index is 10.9. The van der Waals surface area contributed by atoms with E-state index in [1.165, 1.54) is 0 Å². The van der Waals surface area contributed by atoms with Crippen LogP contribution in [0.4, 0.5) is 0 Å². The summed E-state index contributed by atoms with van der Waals surface area (Å²) < 4.78 is 0. The lowest BCUT2D eigenvalue weighted by molar-refractivity contribution is -0.119. The average Bonchev–Trinajstić information content (AvgIpc) is 2.14. The molecule has 0 spiro atoms. The van der Waals surface area contributed by atoms with E-state index in [9.17, 15) is 4.79 Å². The van der Waals surface area contributed by atoms with Gasteiger partial charge < -0.3 is 5.32 Å². The highest BCUT2D eigenvalue weighted by Crippen LogP contribution is 2.21. The number of rotatable bonds is 1. The molecule has 0 bridgehead atoms. The summed E-state index contributed by atoms with van der Waals surface area (Å²) in [6.07, 6.45) is 0. The minimum absolute atomic E-state index is 0.120. The molecule has 1 rings (SSSR count). The molecule has 0 saturated carbocycles. The van der Waals surface area contributed by atoms with E-state index in [4.69, 9.17) is 0 Å². The summed E-state index contributed by atoms with van der Waals surface area (Å²) in [4.78, 5) is 10.9. The fraction of sp³-hybridized carbons (Fsp3) is 0.875. The second kappa shape index (κ2) is 2.70. The molecule has 2 heteroatoms. The van der Waals surface area contributed by atoms with Crippen molar-refractivity contribution in [3.05, 3.63) is 0 Å². The number of nitrogens with one attached hydrogen (secondary N) is 1. The van der Waals surface area contributed by atoms with Crippen LogP contribution in [0.3, 0.4) is 0 Å². The quantitative estimate of drug-likeness (QED) is 0.585. The molecule has 1 aliphatic rings. The van der Waals surface area contributed by atoms with E-state index in [1.807, 2.05) is 0 Å². The largest absolute Gasteiger partial charge is 0.307 e. The van der Waals surface area contributed by atoms with Gasteiger partial charge in [0, 0.05) is 0 Å². The predicted octanol–water partition coefficient (Wildman–Crippen LogP) is 0.819. The lowest BCUT2D eigenvalue weighted by Crippen LogP contribution is -2.32. The van der Waals surface area contributed by atoms with Crippen LogP contribution >= 0.6 is 0 Å². The van der Waals surface area contributed by atoms with Crippen molar-refractivity contribution in [2.75, 3.05) is 6.54 Å². The lowest BCUT2D eigenvalue weighted by Gasteiger charge is -2.13. The minimum atomic E-state index is 0.120. The summed E-state index contributed by atoms with van der Waals surface area (Å²) in [7, 11) is 0. The number of ketones is 1. The Morgan fingerprint density at radius 3 is 2.30 bits per heavy atom. The smallest absolute Gasteiger partial charge is 0.146 e. The van der Waals surface area contributed by atoms with Crippen molar-refractivity contribution in [2.45, 2.75) is 26.8 Å². The molecule has 3 unspecified atom stereocenters. The van der Waals surface area contributed by atoms with Gasteiger partial charge in [0.15, 0.2) is 0 Å². The summed E-state index contributed by atoms with van der Waals surface area (Å²) in [6, 6.07) is 0.120. The minimum Gasteiger partial charge on any atom is -0.307 e. The number of carbonyl (C=O) groups is 1. The van der Waals surface area contributed by atoms with Gasteiger partial charge in [0.2, 0.25) is 0 Å². The Balaban J connectivity index is 2.57. The highest BCUT2D eigenvalue weighted by molar-refractivity contribution is 5.82. The molecule has 1 aliphatic heterocycles. The van der Waals surface area contributed by atoms with Gasteiger partial charge in [-0.1, -0.05) is 13.8 Å². The highest BCUT2D eigenvalue weighted by Gasteiger charge is 2.31. The third-order valence-electron chi connectivity index (χ3n) is 2.52. The van der Waals surface area contributed by atoms with Gasteiger partial charge in [0.25, 0.3) is 0 Å². The lowest BCUT2D eigenvalue weighted by atomic mass is 9.92. The van der Waals surface area contributed by atoms with Crippen LogP contribution in [0.2, 0.25) is 0 Å². The van der Waals surface area contributed by atoms with Gasteiger partial charge in [0.05, 0.1) is 6.04 Å². The molecule has 1 heterocycles. The number of hydrogen-bond donors (Lipinski definition) is 1. The molecule has 0 aromatic rings. The summed E-state index contributed by atoms with van der Waals surface area (Å²) in [5.41, 5.74) is 0. The molecule has 0 radical (unpaired) electrons. The number of hydrogen-bond acceptors (Lipinski definition) is 2. The van der Waals surface area contributed by atoms with Crippen LogP contribution in [0.5, 0.6) is 0 Å². The van der Waals surface area contributed by atoms with Gasteiger partial charge in [-0.05, 0) is 25.3 Å². The topological polar surface area (TPSA) is 29.1 Å². The third-order valence-corrected chi connectivity index (χ3v) is 2.52. The van der Waals surface area contributed by atoms with Crippen molar-refractivity contribution in [2.24, 2.45) is 11.8 Å². The Bertz CT molecular complexity index is 144. The second-order valence-corrected chi connectivity index (χ2v) is 3.33. The van der Waals surface area contributed by atoms with Crippen LogP contribution in [0, 0.1) is 11.8 Å². The molecule has 1 fully saturated rings. The Morgan fingerprint density at radius 2 is 2.10 bits per heavy atom. The highest BCUT2D eigenvalue weighted by atomic mass is 16.1. The molecule has 1 N–H and O–H groups in total. The average molecular weight is 141 g/mol. The van der Waals surface area contributed by atoms with Gasteiger partial charge in [0.1, 0.15) is 5.78 Å². The summed E-state index contributed by atoms with van der Waals surface area (Å²) >= 11 is 0. The van der Waals surface area contributed by atoms with Gasteiger partial charge in [-0.15, -0.1) is 0 Å². The van der Waals surface area contributed by atoms with Crippen LogP contribution in [0.15, 0.2) is 0 Å². The van der Waals surface area contributed by atoms with Crippen LogP contribution in [0.25, 0.3) is 0 Å². The zero-order valence-electron chi connectivity index (χ0n) is 6.85. The van der Waals surface area contributed by atoms with E-state index in [0.717, 1.165) is 6.54 Å². The van der Waals surface area contributed by atoms with E-state index in [2.05, 4.69) is 19.2 Å². The van der Waals surface area contributed by atoms with E-state index in [0.29, 0.717) is 11.8 Å². The van der Waals surface area contributed by atoms with E-state index >= 15 is 0 Å². The van der Waals surface area contributed by atoms with Crippen molar-refractivity contribution >= 4 is 5.78 Å². The maximum atomic E-state index is 10.9. The SMILES string of the molecule is CC(=O)C1NCC(C)C1C. The van der Waals surface area contributed by atoms with Crippen molar-refractivity contribution in [3.8, 4) is 0 Å². The first-order chi connectivity index (χ1) is 4.63. The summed E-state index contributed by atoms with van der Waals surface area (Å²) in [5.74, 6) is 1.43. The number of Topliss-reactive ketones (excluding diaryl/α,β-unsaturated/α-hetero) is 1. The van der Waals surface area contributed by atoms with Crippen LogP contribution in [-0.4, -0.2) is 18.4 Å². The first-order valence-corrected chi connectivity index (χ1v) is 3.86. The van der Waals surface area contributed by atoms with Crippen molar-refractivity contribution in [1.29, 1.82) is 0 Å².